The summed E-state index contributed by atoms with van der Waals surface area (Å²) >= 11 is 0. The summed E-state index contributed by atoms with van der Waals surface area (Å²) in [7, 11) is 0. The number of hydrogen-bond donors (Lipinski definition) is 0. The molecule has 0 bridgehead atoms. The van der Waals surface area contributed by atoms with Gasteiger partial charge in [0.2, 0.25) is 17.7 Å². The first-order valence-corrected chi connectivity index (χ1v) is 10.2. The summed E-state index contributed by atoms with van der Waals surface area (Å²) in [6, 6.07) is 15.5. The summed E-state index contributed by atoms with van der Waals surface area (Å²) in [5.41, 5.74) is 2.04. The number of benzene rings is 2. The zero-order valence-electron chi connectivity index (χ0n) is 17.2. The molecule has 1 unspecified atom stereocenters. The Hall–Kier alpha value is -3.35. The third kappa shape index (κ3) is 4.62. The first-order valence-electron chi connectivity index (χ1n) is 10.2. The normalized spacial score (nSPS) is 15.1. The van der Waals surface area contributed by atoms with E-state index in [1.165, 1.54) is 5.56 Å². The number of nitrogens with zero attached hydrogens (tertiary/aromatic N) is 3. The number of likely N-dealkylation sites (N-methyl/N-ethyl adjacent to an activating group) is 1. The van der Waals surface area contributed by atoms with Crippen LogP contribution in [0.5, 0.6) is 11.5 Å². The van der Waals surface area contributed by atoms with Gasteiger partial charge in [-0.2, -0.15) is 0 Å². The summed E-state index contributed by atoms with van der Waals surface area (Å²) in [6.07, 6.45) is 0.507. The van der Waals surface area contributed by atoms with E-state index in [2.05, 4.69) is 10.2 Å². The molecule has 2 heterocycles. The van der Waals surface area contributed by atoms with Crippen LogP contribution in [0.3, 0.4) is 0 Å². The Labute approximate surface area is 175 Å². The second-order valence-electron chi connectivity index (χ2n) is 7.30. The molecule has 2 aromatic carbocycles. The SMILES string of the molecule is CCN(CC1COc2ccccc2O1)C(=O)CCc1nnc(-c2ccc(C)cc2)o1. The Balaban J connectivity index is 1.31. The van der Waals surface area contributed by atoms with Gasteiger partial charge >= 0.3 is 0 Å². The Morgan fingerprint density at radius 3 is 2.63 bits per heavy atom. The monoisotopic (exact) mass is 407 g/mol. The zero-order valence-corrected chi connectivity index (χ0v) is 17.2. The van der Waals surface area contributed by atoms with E-state index in [0.717, 1.165) is 11.3 Å². The number of fused-ring (bicyclic) bond motifs is 1. The molecule has 156 valence electrons. The molecule has 0 saturated heterocycles. The van der Waals surface area contributed by atoms with E-state index in [1.54, 1.807) is 4.90 Å². The summed E-state index contributed by atoms with van der Waals surface area (Å²) in [5.74, 6) is 2.41. The first-order chi connectivity index (χ1) is 14.6. The number of rotatable bonds is 7. The molecule has 1 aromatic heterocycles. The fourth-order valence-corrected chi connectivity index (χ4v) is 3.35. The lowest BCUT2D eigenvalue weighted by molar-refractivity contribution is -0.132. The van der Waals surface area contributed by atoms with Crippen LogP contribution >= 0.6 is 0 Å². The molecular weight excluding hydrogens is 382 g/mol. The van der Waals surface area contributed by atoms with E-state index in [0.29, 0.717) is 50.1 Å². The lowest BCUT2D eigenvalue weighted by atomic mass is 10.1. The van der Waals surface area contributed by atoms with Crippen molar-refractivity contribution in [1.29, 1.82) is 0 Å². The number of carbonyl (C=O) groups excluding carboxylic acids is 1. The van der Waals surface area contributed by atoms with Crippen LogP contribution in [0.4, 0.5) is 0 Å². The van der Waals surface area contributed by atoms with Crippen molar-refractivity contribution in [3.8, 4) is 23.0 Å². The summed E-state index contributed by atoms with van der Waals surface area (Å²) < 4.78 is 17.4. The fourth-order valence-electron chi connectivity index (χ4n) is 3.35. The van der Waals surface area contributed by atoms with E-state index in [-0.39, 0.29) is 12.0 Å². The number of carbonyl (C=O) groups is 1. The topological polar surface area (TPSA) is 77.7 Å². The molecule has 1 atom stereocenters. The third-order valence-electron chi connectivity index (χ3n) is 5.04. The molecule has 0 spiro atoms. The molecule has 7 nitrogen and oxygen atoms in total. The van der Waals surface area contributed by atoms with Crippen LogP contribution in [0.2, 0.25) is 0 Å². The minimum absolute atomic E-state index is 0.0232. The predicted octanol–water partition coefficient (Wildman–Crippen LogP) is 3.67. The van der Waals surface area contributed by atoms with E-state index in [1.807, 2.05) is 62.4 Å². The predicted molar refractivity (Wildman–Crippen MR) is 111 cm³/mol. The average Bonchev–Trinajstić information content (AvgIpc) is 3.25. The maximum absolute atomic E-state index is 12.7. The highest BCUT2D eigenvalue weighted by molar-refractivity contribution is 5.76. The van der Waals surface area contributed by atoms with Crippen molar-refractivity contribution < 1.29 is 18.7 Å². The molecule has 4 rings (SSSR count). The van der Waals surface area contributed by atoms with Gasteiger partial charge in [0.25, 0.3) is 0 Å². The number of amides is 1. The minimum Gasteiger partial charge on any atom is -0.486 e. The van der Waals surface area contributed by atoms with Crippen molar-refractivity contribution >= 4 is 5.91 Å². The van der Waals surface area contributed by atoms with Gasteiger partial charge in [0.15, 0.2) is 17.6 Å². The van der Waals surface area contributed by atoms with Crippen LogP contribution in [0.1, 0.15) is 24.8 Å². The smallest absolute Gasteiger partial charge is 0.247 e. The van der Waals surface area contributed by atoms with Crippen molar-refractivity contribution in [2.24, 2.45) is 0 Å². The maximum atomic E-state index is 12.7. The van der Waals surface area contributed by atoms with Gasteiger partial charge in [-0.15, -0.1) is 10.2 Å². The highest BCUT2D eigenvalue weighted by Crippen LogP contribution is 2.31. The van der Waals surface area contributed by atoms with Gasteiger partial charge in [0.1, 0.15) is 6.61 Å². The summed E-state index contributed by atoms with van der Waals surface area (Å²) in [5, 5.41) is 8.18. The molecular formula is C23H25N3O4. The summed E-state index contributed by atoms with van der Waals surface area (Å²) in [4.78, 5) is 14.5. The second kappa shape index (κ2) is 8.98. The van der Waals surface area contributed by atoms with Gasteiger partial charge in [-0.1, -0.05) is 29.8 Å². The Morgan fingerprint density at radius 1 is 1.10 bits per heavy atom. The van der Waals surface area contributed by atoms with Crippen molar-refractivity contribution in [3.63, 3.8) is 0 Å². The third-order valence-corrected chi connectivity index (χ3v) is 5.04. The van der Waals surface area contributed by atoms with Crippen LogP contribution < -0.4 is 9.47 Å². The number of hydrogen-bond acceptors (Lipinski definition) is 6. The van der Waals surface area contributed by atoms with E-state index in [4.69, 9.17) is 13.9 Å². The van der Waals surface area contributed by atoms with E-state index >= 15 is 0 Å². The van der Waals surface area contributed by atoms with Gasteiger partial charge in [0.05, 0.1) is 6.54 Å². The van der Waals surface area contributed by atoms with Crippen LogP contribution in [0.15, 0.2) is 52.9 Å². The molecule has 1 aliphatic heterocycles. The van der Waals surface area contributed by atoms with E-state index < -0.39 is 0 Å². The molecule has 7 heteroatoms. The van der Waals surface area contributed by atoms with Gasteiger partial charge in [-0.25, -0.2) is 0 Å². The van der Waals surface area contributed by atoms with Crippen LogP contribution in [0, 0.1) is 6.92 Å². The van der Waals surface area contributed by atoms with E-state index in [9.17, 15) is 4.79 Å². The first kappa shape index (κ1) is 19.9. The molecule has 0 radical (unpaired) electrons. The average molecular weight is 407 g/mol. The second-order valence-corrected chi connectivity index (χ2v) is 7.30. The molecule has 1 aliphatic rings. The number of aromatic nitrogens is 2. The largest absolute Gasteiger partial charge is 0.486 e. The Morgan fingerprint density at radius 2 is 1.87 bits per heavy atom. The lowest BCUT2D eigenvalue weighted by Gasteiger charge is -2.30. The molecule has 1 amide bonds. The van der Waals surface area contributed by atoms with Crippen LogP contribution in [-0.2, 0) is 11.2 Å². The standard InChI is InChI=1S/C23H25N3O4/c1-3-26(14-18-15-28-19-6-4-5-7-20(19)29-18)22(27)13-12-21-24-25-23(30-21)17-10-8-16(2)9-11-17/h4-11,18H,3,12-15H2,1-2H3. The number of ether oxygens (including phenoxy) is 2. The van der Waals surface area contributed by atoms with Crippen LogP contribution in [0.25, 0.3) is 11.5 Å². The fraction of sp³-hybridized carbons (Fsp3) is 0.348. The molecule has 0 N–H and O–H groups in total. The molecule has 0 saturated carbocycles. The quantitative estimate of drug-likeness (QED) is 0.595. The zero-order chi connectivity index (χ0) is 20.9. The number of para-hydroxylation sites is 2. The molecule has 30 heavy (non-hydrogen) atoms. The van der Waals surface area contributed by atoms with Crippen molar-refractivity contribution in [1.82, 2.24) is 15.1 Å². The van der Waals surface area contributed by atoms with Gasteiger partial charge in [-0.05, 0) is 38.1 Å². The molecule has 3 aromatic rings. The maximum Gasteiger partial charge on any atom is 0.247 e. The lowest BCUT2D eigenvalue weighted by Crippen LogP contribution is -2.43. The van der Waals surface area contributed by atoms with Gasteiger partial charge < -0.3 is 18.8 Å². The Kier molecular flexibility index (Phi) is 5.97. The Bertz CT molecular complexity index is 1000. The summed E-state index contributed by atoms with van der Waals surface area (Å²) in [6.45, 7) is 5.47. The van der Waals surface area contributed by atoms with Crippen molar-refractivity contribution in [2.75, 3.05) is 19.7 Å². The van der Waals surface area contributed by atoms with Crippen molar-refractivity contribution in [2.45, 2.75) is 32.8 Å². The number of aryl methyl sites for hydroxylation is 2. The minimum atomic E-state index is -0.194. The van der Waals surface area contributed by atoms with Crippen molar-refractivity contribution in [3.05, 3.63) is 60.0 Å². The van der Waals surface area contributed by atoms with Crippen LogP contribution in [-0.4, -0.2) is 46.8 Å². The highest BCUT2D eigenvalue weighted by Gasteiger charge is 2.25. The van der Waals surface area contributed by atoms with Gasteiger partial charge in [-0.3, -0.25) is 4.79 Å². The molecule has 0 fully saturated rings. The van der Waals surface area contributed by atoms with Gasteiger partial charge in [0, 0.05) is 24.9 Å². The highest BCUT2D eigenvalue weighted by atomic mass is 16.6. The molecule has 0 aliphatic carbocycles.